The molecule has 0 amide bonds. The van der Waals surface area contributed by atoms with Gasteiger partial charge in [0.25, 0.3) is 0 Å². The lowest BCUT2D eigenvalue weighted by Crippen LogP contribution is -2.08. The van der Waals surface area contributed by atoms with Crippen LogP contribution in [0.2, 0.25) is 10.0 Å². The third-order valence-corrected chi connectivity index (χ3v) is 4.07. The van der Waals surface area contributed by atoms with Gasteiger partial charge in [0.05, 0.1) is 18.1 Å². The van der Waals surface area contributed by atoms with Crippen molar-refractivity contribution in [3.05, 3.63) is 33.8 Å². The predicted octanol–water partition coefficient (Wildman–Crippen LogP) is 4.70. The normalized spacial score (nSPS) is 27.0. The summed E-state index contributed by atoms with van der Waals surface area (Å²) in [6.45, 7) is 2.75. The molecule has 0 aromatic heterocycles. The van der Waals surface area contributed by atoms with E-state index in [4.69, 9.17) is 39.5 Å². The molecule has 1 aromatic carbocycles. The minimum Gasteiger partial charge on any atom is -0.378 e. The van der Waals surface area contributed by atoms with Gasteiger partial charge < -0.3 is 4.74 Å². The Morgan fingerprint density at radius 1 is 1.38 bits per heavy atom. The van der Waals surface area contributed by atoms with Crippen molar-refractivity contribution in [3.63, 3.8) is 0 Å². The summed E-state index contributed by atoms with van der Waals surface area (Å²) < 4.78 is 5.52. The maximum absolute atomic E-state index is 6.43. The molecular formula is C12H13Cl3O. The highest BCUT2D eigenvalue weighted by Crippen LogP contribution is 2.40. The largest absolute Gasteiger partial charge is 0.378 e. The van der Waals surface area contributed by atoms with E-state index in [2.05, 4.69) is 6.92 Å². The van der Waals surface area contributed by atoms with Gasteiger partial charge in [0.15, 0.2) is 0 Å². The number of hydrogen-bond acceptors (Lipinski definition) is 1. The van der Waals surface area contributed by atoms with Crippen LogP contribution in [0.1, 0.15) is 24.3 Å². The van der Waals surface area contributed by atoms with Crippen molar-refractivity contribution in [2.45, 2.75) is 24.8 Å². The number of hydrogen-bond donors (Lipinski definition) is 0. The molecule has 0 radical (unpaired) electrons. The van der Waals surface area contributed by atoms with Crippen molar-refractivity contribution in [1.29, 1.82) is 0 Å². The van der Waals surface area contributed by atoms with E-state index in [0.717, 1.165) is 12.0 Å². The monoisotopic (exact) mass is 278 g/mol. The highest BCUT2D eigenvalue weighted by molar-refractivity contribution is 6.34. The Bertz CT molecular complexity index is 381. The Labute approximate surface area is 111 Å². The third-order valence-electron chi connectivity index (χ3n) is 2.90. The molecule has 1 aliphatic heterocycles. The van der Waals surface area contributed by atoms with E-state index in [1.807, 2.05) is 6.07 Å². The fourth-order valence-corrected chi connectivity index (χ4v) is 2.86. The minimum atomic E-state index is -0.129. The average molecular weight is 280 g/mol. The fourth-order valence-electron chi connectivity index (χ4n) is 2.03. The van der Waals surface area contributed by atoms with Crippen LogP contribution in [0.15, 0.2) is 18.2 Å². The molecule has 88 valence electrons. The maximum Gasteiger partial charge on any atom is 0.0651 e. The Morgan fingerprint density at radius 2 is 2.12 bits per heavy atom. The summed E-state index contributed by atoms with van der Waals surface area (Å²) >= 11 is 18.5. The summed E-state index contributed by atoms with van der Waals surface area (Å²) in [4.78, 5) is 0. The van der Waals surface area contributed by atoms with Crippen LogP contribution in [0.25, 0.3) is 0 Å². The molecule has 3 unspecified atom stereocenters. The fraction of sp³-hybridized carbons (Fsp3) is 0.500. The van der Waals surface area contributed by atoms with Crippen molar-refractivity contribution in [1.82, 2.24) is 0 Å². The van der Waals surface area contributed by atoms with Gasteiger partial charge in [-0.1, -0.05) is 23.2 Å². The van der Waals surface area contributed by atoms with Crippen LogP contribution in [0.5, 0.6) is 0 Å². The van der Waals surface area contributed by atoms with E-state index in [0.29, 0.717) is 22.6 Å². The van der Waals surface area contributed by atoms with Gasteiger partial charge in [0.1, 0.15) is 0 Å². The second kappa shape index (κ2) is 5.14. The SMILES string of the molecule is CC1CC(C(Cl)c2cc(Cl)ccc2Cl)CO1. The first-order valence-electron chi connectivity index (χ1n) is 5.28. The Morgan fingerprint density at radius 3 is 2.75 bits per heavy atom. The van der Waals surface area contributed by atoms with Crippen molar-refractivity contribution in [2.75, 3.05) is 6.61 Å². The van der Waals surface area contributed by atoms with Crippen molar-refractivity contribution in [3.8, 4) is 0 Å². The van der Waals surface area contributed by atoms with Gasteiger partial charge in [-0.05, 0) is 37.1 Å². The van der Waals surface area contributed by atoms with E-state index in [1.54, 1.807) is 12.1 Å². The molecule has 0 N–H and O–H groups in total. The molecule has 1 saturated heterocycles. The van der Waals surface area contributed by atoms with Crippen LogP contribution in [-0.4, -0.2) is 12.7 Å². The van der Waals surface area contributed by atoms with Gasteiger partial charge in [-0.25, -0.2) is 0 Å². The van der Waals surface area contributed by atoms with Crippen molar-refractivity contribution < 1.29 is 4.74 Å². The molecule has 1 aromatic rings. The number of halogens is 3. The molecule has 16 heavy (non-hydrogen) atoms. The molecule has 1 nitrogen and oxygen atoms in total. The molecule has 2 rings (SSSR count). The number of alkyl halides is 1. The average Bonchev–Trinajstić information content (AvgIpc) is 2.67. The third kappa shape index (κ3) is 2.65. The first kappa shape index (κ1) is 12.5. The first-order chi connectivity index (χ1) is 7.58. The van der Waals surface area contributed by atoms with E-state index >= 15 is 0 Å². The Kier molecular flexibility index (Phi) is 4.01. The zero-order chi connectivity index (χ0) is 11.7. The van der Waals surface area contributed by atoms with Gasteiger partial charge in [-0.2, -0.15) is 0 Å². The summed E-state index contributed by atoms with van der Waals surface area (Å²) in [5.74, 6) is 0.313. The van der Waals surface area contributed by atoms with Gasteiger partial charge in [-0.3, -0.25) is 0 Å². The molecule has 0 saturated carbocycles. The summed E-state index contributed by atoms with van der Waals surface area (Å²) in [5, 5.41) is 1.21. The standard InChI is InChI=1S/C12H13Cl3O/c1-7-4-8(6-16-7)12(15)10-5-9(13)2-3-11(10)14/h2-3,5,7-8,12H,4,6H2,1H3. The van der Waals surface area contributed by atoms with Crippen LogP contribution in [0.4, 0.5) is 0 Å². The van der Waals surface area contributed by atoms with Crippen LogP contribution in [0, 0.1) is 5.92 Å². The lowest BCUT2D eigenvalue weighted by Gasteiger charge is -2.17. The smallest absolute Gasteiger partial charge is 0.0651 e. The van der Waals surface area contributed by atoms with Crippen molar-refractivity contribution >= 4 is 34.8 Å². The summed E-state index contributed by atoms with van der Waals surface area (Å²) in [6.07, 6.45) is 1.25. The topological polar surface area (TPSA) is 9.23 Å². The summed E-state index contributed by atoms with van der Waals surface area (Å²) in [5.41, 5.74) is 0.901. The molecule has 0 spiro atoms. The highest BCUT2D eigenvalue weighted by atomic mass is 35.5. The second-order valence-electron chi connectivity index (χ2n) is 4.21. The first-order valence-corrected chi connectivity index (χ1v) is 6.48. The zero-order valence-electron chi connectivity index (χ0n) is 8.92. The molecule has 3 atom stereocenters. The van der Waals surface area contributed by atoms with Gasteiger partial charge in [-0.15, -0.1) is 11.6 Å². The van der Waals surface area contributed by atoms with Gasteiger partial charge >= 0.3 is 0 Å². The predicted molar refractivity (Wildman–Crippen MR) is 68.6 cm³/mol. The van der Waals surface area contributed by atoms with Crippen molar-refractivity contribution in [2.24, 2.45) is 5.92 Å². The van der Waals surface area contributed by atoms with Gasteiger partial charge in [0, 0.05) is 16.0 Å². The lowest BCUT2D eigenvalue weighted by molar-refractivity contribution is 0.120. The molecule has 1 aliphatic rings. The van der Waals surface area contributed by atoms with Crippen LogP contribution in [0.3, 0.4) is 0 Å². The quantitative estimate of drug-likeness (QED) is 0.713. The van der Waals surface area contributed by atoms with Crippen LogP contribution < -0.4 is 0 Å². The number of benzene rings is 1. The molecule has 4 heteroatoms. The number of ether oxygens (including phenoxy) is 1. The minimum absolute atomic E-state index is 0.129. The van der Waals surface area contributed by atoms with Gasteiger partial charge in [0.2, 0.25) is 0 Å². The molecule has 1 heterocycles. The molecule has 0 bridgehead atoms. The molecular weight excluding hydrogens is 266 g/mol. The van der Waals surface area contributed by atoms with E-state index in [-0.39, 0.29) is 11.5 Å². The van der Waals surface area contributed by atoms with Crippen LogP contribution in [-0.2, 0) is 4.74 Å². The molecule has 0 aliphatic carbocycles. The van der Waals surface area contributed by atoms with E-state index in [1.165, 1.54) is 0 Å². The number of rotatable bonds is 2. The lowest BCUT2D eigenvalue weighted by atomic mass is 9.96. The molecule has 1 fully saturated rings. The highest BCUT2D eigenvalue weighted by Gasteiger charge is 2.30. The second-order valence-corrected chi connectivity index (χ2v) is 5.52. The van der Waals surface area contributed by atoms with E-state index in [9.17, 15) is 0 Å². The van der Waals surface area contributed by atoms with Crippen LogP contribution >= 0.6 is 34.8 Å². The van der Waals surface area contributed by atoms with E-state index < -0.39 is 0 Å². The Hall–Kier alpha value is 0.0500. The zero-order valence-corrected chi connectivity index (χ0v) is 11.2. The Balaban J connectivity index is 2.20. The summed E-state index contributed by atoms with van der Waals surface area (Å²) in [6, 6.07) is 5.39. The maximum atomic E-state index is 6.43. The summed E-state index contributed by atoms with van der Waals surface area (Å²) in [7, 11) is 0.